The van der Waals surface area contributed by atoms with Gasteiger partial charge in [0.1, 0.15) is 4.90 Å². The van der Waals surface area contributed by atoms with Gasteiger partial charge in [0.25, 0.3) is 10.1 Å². The maximum atomic E-state index is 12.2. The fourth-order valence-corrected chi connectivity index (χ4v) is 2.84. The first-order chi connectivity index (χ1) is 12.6. The van der Waals surface area contributed by atoms with Crippen molar-refractivity contribution in [2.24, 2.45) is 0 Å². The minimum absolute atomic E-state index is 0. The predicted molar refractivity (Wildman–Crippen MR) is 104 cm³/mol. The van der Waals surface area contributed by atoms with Crippen molar-refractivity contribution in [3.63, 3.8) is 0 Å². The Morgan fingerprint density at radius 3 is 2.32 bits per heavy atom. The van der Waals surface area contributed by atoms with Crippen LogP contribution in [0.1, 0.15) is 35.5 Å². The quantitative estimate of drug-likeness (QED) is 0.452. The van der Waals surface area contributed by atoms with Crippen molar-refractivity contribution >= 4 is 33.5 Å². The summed E-state index contributed by atoms with van der Waals surface area (Å²) in [4.78, 5) is 35.3. The number of hydrogen-bond acceptors (Lipinski definition) is 8. The molecule has 0 radical (unpaired) electrons. The van der Waals surface area contributed by atoms with Crippen molar-refractivity contribution < 1.29 is 37.9 Å². The van der Waals surface area contributed by atoms with E-state index >= 15 is 0 Å². The lowest BCUT2D eigenvalue weighted by Crippen LogP contribution is -2.32. The van der Waals surface area contributed by atoms with E-state index in [2.05, 4.69) is 9.50 Å². The van der Waals surface area contributed by atoms with E-state index in [-0.39, 0.29) is 32.3 Å². The number of rotatable bonds is 10. The number of hydrogen-bond donors (Lipinski definition) is 1. The van der Waals surface area contributed by atoms with Crippen LogP contribution in [0.5, 0.6) is 0 Å². The van der Waals surface area contributed by atoms with Crippen molar-refractivity contribution in [3.05, 3.63) is 24.3 Å². The molecule has 2 unspecified atom stereocenters. The van der Waals surface area contributed by atoms with Crippen molar-refractivity contribution in [2.75, 3.05) is 19.5 Å². The predicted octanol–water partition coefficient (Wildman–Crippen LogP) is 2.16. The number of ether oxygens (including phenoxy) is 2. The summed E-state index contributed by atoms with van der Waals surface area (Å²) in [5, 5.41) is 2.46. The average molecular weight is 419 g/mol. The Balaban J connectivity index is 0. The standard InChI is InChI=1S/C17H23NO8S.CH4.H2/c1-11(19)14(26-17(21)12(2)24-3)9-10-16(20)18-13-7-5-6-8-15(13)27(22,23)25-4;;/h5-8,12,14H,9-10H2,1-4H3,(H,18,20);1H4;1H. The molecule has 10 heteroatoms. The van der Waals surface area contributed by atoms with Crippen molar-refractivity contribution in [3.8, 4) is 0 Å². The Morgan fingerprint density at radius 1 is 1.18 bits per heavy atom. The zero-order valence-electron chi connectivity index (χ0n) is 15.6. The molecular formula is C18H29NO8S. The molecule has 1 aromatic carbocycles. The minimum atomic E-state index is -4.00. The highest BCUT2D eigenvalue weighted by Gasteiger charge is 2.24. The van der Waals surface area contributed by atoms with Gasteiger partial charge in [0.15, 0.2) is 18.0 Å². The van der Waals surface area contributed by atoms with Gasteiger partial charge >= 0.3 is 5.97 Å². The number of esters is 1. The Kier molecular flexibility index (Phi) is 10.6. The molecule has 0 saturated carbocycles. The summed E-state index contributed by atoms with van der Waals surface area (Å²) < 4.78 is 38.1. The van der Waals surface area contributed by atoms with Gasteiger partial charge in [-0.05, 0) is 26.0 Å². The van der Waals surface area contributed by atoms with Gasteiger partial charge < -0.3 is 14.8 Å². The Labute approximate surface area is 167 Å². The first-order valence-corrected chi connectivity index (χ1v) is 9.46. The molecule has 1 rings (SSSR count). The van der Waals surface area contributed by atoms with E-state index in [0.717, 1.165) is 7.11 Å². The average Bonchev–Trinajstić information content (AvgIpc) is 2.64. The third-order valence-electron chi connectivity index (χ3n) is 3.68. The highest BCUT2D eigenvalue weighted by molar-refractivity contribution is 7.87. The largest absolute Gasteiger partial charge is 0.452 e. The minimum Gasteiger partial charge on any atom is -0.452 e. The molecule has 0 bridgehead atoms. The van der Waals surface area contributed by atoms with Crippen LogP contribution in [0, 0.1) is 0 Å². The monoisotopic (exact) mass is 419 g/mol. The van der Waals surface area contributed by atoms with E-state index < -0.39 is 40.0 Å². The molecule has 0 aliphatic heterocycles. The number of ketones is 1. The molecule has 0 aromatic heterocycles. The number of Topliss-reactive ketones (excluding diaryl/α,β-unsaturated/α-hetero) is 1. The van der Waals surface area contributed by atoms with Gasteiger partial charge in [-0.25, -0.2) is 4.79 Å². The number of benzene rings is 1. The van der Waals surface area contributed by atoms with Crippen molar-refractivity contribution in [1.82, 2.24) is 0 Å². The zero-order valence-corrected chi connectivity index (χ0v) is 16.4. The van der Waals surface area contributed by atoms with Crippen LogP contribution in [-0.4, -0.2) is 52.5 Å². The second-order valence-electron chi connectivity index (χ2n) is 5.62. The van der Waals surface area contributed by atoms with Gasteiger partial charge in [0.2, 0.25) is 5.91 Å². The van der Waals surface area contributed by atoms with Crippen LogP contribution < -0.4 is 5.32 Å². The van der Waals surface area contributed by atoms with E-state index in [1.807, 2.05) is 0 Å². The van der Waals surface area contributed by atoms with Crippen molar-refractivity contribution in [1.29, 1.82) is 0 Å². The van der Waals surface area contributed by atoms with Gasteiger partial charge in [0, 0.05) is 21.4 Å². The number of amides is 1. The van der Waals surface area contributed by atoms with Gasteiger partial charge in [-0.2, -0.15) is 8.42 Å². The second kappa shape index (κ2) is 11.5. The van der Waals surface area contributed by atoms with E-state index in [0.29, 0.717) is 0 Å². The summed E-state index contributed by atoms with van der Waals surface area (Å²) in [5.41, 5.74) is 0.0497. The lowest BCUT2D eigenvalue weighted by molar-refractivity contribution is -0.164. The highest BCUT2D eigenvalue weighted by Crippen LogP contribution is 2.22. The molecule has 0 fully saturated rings. The van der Waals surface area contributed by atoms with Gasteiger partial charge in [-0.3, -0.25) is 13.8 Å². The molecule has 1 N–H and O–H groups in total. The number of nitrogens with one attached hydrogen (secondary N) is 1. The van der Waals surface area contributed by atoms with Crippen LogP contribution in [0.4, 0.5) is 5.69 Å². The lowest BCUT2D eigenvalue weighted by atomic mass is 10.1. The summed E-state index contributed by atoms with van der Waals surface area (Å²) in [6.07, 6.45) is -2.16. The van der Waals surface area contributed by atoms with Crippen LogP contribution in [0.2, 0.25) is 0 Å². The van der Waals surface area contributed by atoms with Crippen LogP contribution in [0.25, 0.3) is 0 Å². The van der Waals surface area contributed by atoms with Crippen LogP contribution in [0.3, 0.4) is 0 Å². The maximum Gasteiger partial charge on any atom is 0.335 e. The van der Waals surface area contributed by atoms with E-state index in [9.17, 15) is 22.8 Å². The molecule has 2 atom stereocenters. The molecule has 160 valence electrons. The van der Waals surface area contributed by atoms with Crippen molar-refractivity contribution in [2.45, 2.75) is 51.2 Å². The van der Waals surface area contributed by atoms with Crippen LogP contribution in [0.15, 0.2) is 29.2 Å². The number of methoxy groups -OCH3 is 1. The molecule has 0 heterocycles. The zero-order chi connectivity index (χ0) is 20.6. The second-order valence-corrected chi connectivity index (χ2v) is 7.30. The molecular weight excluding hydrogens is 390 g/mol. The van der Waals surface area contributed by atoms with E-state index in [4.69, 9.17) is 9.47 Å². The summed E-state index contributed by atoms with van der Waals surface area (Å²) in [5.74, 6) is -1.67. The van der Waals surface area contributed by atoms with Gasteiger partial charge in [0.05, 0.1) is 12.8 Å². The highest BCUT2D eigenvalue weighted by atomic mass is 32.2. The van der Waals surface area contributed by atoms with Gasteiger partial charge in [-0.15, -0.1) is 0 Å². The molecule has 0 spiro atoms. The van der Waals surface area contributed by atoms with Crippen LogP contribution >= 0.6 is 0 Å². The third kappa shape index (κ3) is 7.37. The summed E-state index contributed by atoms with van der Waals surface area (Å²) in [6, 6.07) is 5.74. The number of carbonyl (C=O) groups is 3. The number of carbonyl (C=O) groups excluding carboxylic acids is 3. The first-order valence-electron chi connectivity index (χ1n) is 8.05. The fourth-order valence-electron chi connectivity index (χ4n) is 2.03. The summed E-state index contributed by atoms with van der Waals surface area (Å²) in [7, 11) is -1.66. The fraction of sp³-hybridized carbons (Fsp3) is 0.500. The molecule has 1 aromatic rings. The molecule has 0 saturated heterocycles. The third-order valence-corrected chi connectivity index (χ3v) is 5.01. The summed E-state index contributed by atoms with van der Waals surface area (Å²) >= 11 is 0. The Morgan fingerprint density at radius 2 is 1.79 bits per heavy atom. The normalized spacial score (nSPS) is 13.0. The van der Waals surface area contributed by atoms with Gasteiger partial charge in [-0.1, -0.05) is 19.6 Å². The molecule has 1 amide bonds. The number of anilines is 1. The molecule has 28 heavy (non-hydrogen) atoms. The SMILES string of the molecule is C.COC(C)C(=O)OC(CCC(=O)Nc1ccccc1S(=O)(=O)OC)C(C)=O.[HH]. The molecule has 0 aliphatic carbocycles. The smallest absolute Gasteiger partial charge is 0.335 e. The molecule has 9 nitrogen and oxygen atoms in total. The summed E-state index contributed by atoms with van der Waals surface area (Å²) in [6.45, 7) is 2.72. The molecule has 0 aliphatic rings. The topological polar surface area (TPSA) is 125 Å². The van der Waals surface area contributed by atoms with E-state index in [1.54, 1.807) is 6.07 Å². The van der Waals surface area contributed by atoms with Crippen LogP contribution in [-0.2, 0) is 38.2 Å². The van der Waals surface area contributed by atoms with E-state index in [1.165, 1.54) is 39.2 Å². The number of para-hydroxylation sites is 1. The Hall–Kier alpha value is -2.30. The Bertz CT molecular complexity index is 797. The maximum absolute atomic E-state index is 12.2. The lowest BCUT2D eigenvalue weighted by Gasteiger charge is -2.17. The first kappa shape index (κ1) is 25.7.